The molecule has 2 nitrogen and oxygen atoms in total. The van der Waals surface area contributed by atoms with E-state index in [2.05, 4.69) is 65.0 Å². The van der Waals surface area contributed by atoms with Crippen LogP contribution in [0.5, 0.6) is 0 Å². The summed E-state index contributed by atoms with van der Waals surface area (Å²) in [5, 5.41) is 0. The number of aryl methyl sites for hydroxylation is 3. The van der Waals surface area contributed by atoms with Gasteiger partial charge in [-0.3, -0.25) is 0 Å². The summed E-state index contributed by atoms with van der Waals surface area (Å²) in [5.74, 6) is 1.12. The van der Waals surface area contributed by atoms with E-state index in [-0.39, 0.29) is 0 Å². The monoisotopic (exact) mass is 314 g/mol. The molecule has 1 aromatic heterocycles. The molecule has 80 valence electrons. The summed E-state index contributed by atoms with van der Waals surface area (Å²) >= 11 is 2.37. The van der Waals surface area contributed by atoms with Gasteiger partial charge in [0, 0.05) is 10.1 Å². The fraction of sp³-hybridized carbons (Fsp3) is 0.417. The van der Waals surface area contributed by atoms with Crippen LogP contribution in [0, 0.1) is 17.4 Å². The third-order valence-corrected chi connectivity index (χ3v) is 3.91. The van der Waals surface area contributed by atoms with E-state index in [9.17, 15) is 0 Å². The van der Waals surface area contributed by atoms with E-state index in [1.165, 1.54) is 14.7 Å². The van der Waals surface area contributed by atoms with Gasteiger partial charge in [-0.15, -0.1) is 0 Å². The topological polar surface area (TPSA) is 17.8 Å². The average Bonchev–Trinajstić information content (AvgIpc) is 2.52. The Kier molecular flexibility index (Phi) is 3.00. The van der Waals surface area contributed by atoms with Crippen molar-refractivity contribution in [3.8, 4) is 0 Å². The normalized spacial score (nSPS) is 11.2. The highest BCUT2D eigenvalue weighted by Crippen LogP contribution is 2.23. The van der Waals surface area contributed by atoms with Crippen LogP contribution < -0.4 is 0 Å². The number of aromatic nitrogens is 2. The second-order valence-corrected chi connectivity index (χ2v) is 5.01. The number of imidazole rings is 1. The van der Waals surface area contributed by atoms with Gasteiger partial charge in [0.05, 0.1) is 11.0 Å². The minimum atomic E-state index is 1.06. The van der Waals surface area contributed by atoms with E-state index in [1.54, 1.807) is 0 Å². The molecule has 0 spiro atoms. The molecule has 1 aromatic carbocycles. The van der Waals surface area contributed by atoms with Crippen LogP contribution in [0.3, 0.4) is 0 Å². The Morgan fingerprint density at radius 2 is 2.07 bits per heavy atom. The molecule has 0 aliphatic carbocycles. The van der Waals surface area contributed by atoms with Gasteiger partial charge < -0.3 is 4.57 Å². The van der Waals surface area contributed by atoms with E-state index in [0.717, 1.165) is 24.3 Å². The molecule has 0 unspecified atom stereocenters. The number of benzene rings is 1. The minimum Gasteiger partial charge on any atom is -0.328 e. The maximum atomic E-state index is 4.65. The van der Waals surface area contributed by atoms with Crippen molar-refractivity contribution in [1.29, 1.82) is 0 Å². The van der Waals surface area contributed by atoms with E-state index in [1.807, 2.05) is 0 Å². The van der Waals surface area contributed by atoms with Gasteiger partial charge in [-0.1, -0.05) is 6.92 Å². The van der Waals surface area contributed by atoms with Gasteiger partial charge in [0.15, 0.2) is 0 Å². The summed E-state index contributed by atoms with van der Waals surface area (Å²) in [6.07, 6.45) is 1.15. The molecule has 0 aliphatic rings. The van der Waals surface area contributed by atoms with Crippen molar-refractivity contribution >= 4 is 33.6 Å². The maximum absolute atomic E-state index is 4.65. The third kappa shape index (κ3) is 1.77. The lowest BCUT2D eigenvalue weighted by atomic mass is 10.2. The molecular weight excluding hydrogens is 299 g/mol. The van der Waals surface area contributed by atoms with Crippen LogP contribution >= 0.6 is 22.6 Å². The molecule has 0 fully saturated rings. The van der Waals surface area contributed by atoms with Crippen molar-refractivity contribution in [3.05, 3.63) is 27.1 Å². The van der Waals surface area contributed by atoms with Crippen LogP contribution in [0.2, 0.25) is 0 Å². The number of halogens is 1. The van der Waals surface area contributed by atoms with Gasteiger partial charge in [-0.2, -0.15) is 0 Å². The maximum Gasteiger partial charge on any atom is 0.106 e. The molecule has 2 aromatic rings. The average molecular weight is 314 g/mol. The molecule has 0 radical (unpaired) electrons. The Balaban J connectivity index is 2.73. The highest BCUT2D eigenvalue weighted by atomic mass is 127. The van der Waals surface area contributed by atoms with E-state index in [0.29, 0.717) is 0 Å². The van der Waals surface area contributed by atoms with Crippen molar-refractivity contribution in [2.45, 2.75) is 33.7 Å². The van der Waals surface area contributed by atoms with Crippen molar-refractivity contribution in [1.82, 2.24) is 9.55 Å². The van der Waals surface area contributed by atoms with Crippen molar-refractivity contribution in [2.75, 3.05) is 0 Å². The lowest BCUT2D eigenvalue weighted by Gasteiger charge is -2.04. The first-order valence-electron chi connectivity index (χ1n) is 5.27. The second kappa shape index (κ2) is 4.12. The summed E-state index contributed by atoms with van der Waals surface area (Å²) in [6.45, 7) is 7.49. The summed E-state index contributed by atoms with van der Waals surface area (Å²) in [7, 11) is 0. The Bertz CT molecular complexity index is 500. The van der Waals surface area contributed by atoms with Crippen LogP contribution in [-0.4, -0.2) is 9.55 Å². The van der Waals surface area contributed by atoms with E-state index in [4.69, 9.17) is 0 Å². The number of fused-ring (bicyclic) bond motifs is 1. The fourth-order valence-electron chi connectivity index (χ4n) is 1.92. The zero-order valence-electron chi connectivity index (χ0n) is 9.34. The Labute approximate surface area is 104 Å². The molecule has 15 heavy (non-hydrogen) atoms. The zero-order valence-corrected chi connectivity index (χ0v) is 11.5. The Morgan fingerprint density at radius 3 is 2.73 bits per heavy atom. The van der Waals surface area contributed by atoms with Crippen LogP contribution in [0.1, 0.15) is 24.7 Å². The van der Waals surface area contributed by atoms with Crippen LogP contribution in [-0.2, 0) is 6.54 Å². The number of hydrogen-bond acceptors (Lipinski definition) is 1. The Hall–Kier alpha value is -0.580. The Morgan fingerprint density at radius 1 is 1.33 bits per heavy atom. The predicted octanol–water partition coefficient (Wildman–Crippen LogP) is 3.67. The second-order valence-electron chi connectivity index (χ2n) is 3.85. The van der Waals surface area contributed by atoms with Gasteiger partial charge in [0.25, 0.3) is 0 Å². The third-order valence-electron chi connectivity index (χ3n) is 2.75. The summed E-state index contributed by atoms with van der Waals surface area (Å²) in [4.78, 5) is 4.65. The van der Waals surface area contributed by atoms with Gasteiger partial charge >= 0.3 is 0 Å². The molecule has 0 N–H and O–H groups in total. The molecule has 3 heteroatoms. The molecule has 1 heterocycles. The molecule has 0 amide bonds. The summed E-state index contributed by atoms with van der Waals surface area (Å²) in [6, 6.07) is 4.35. The first-order chi connectivity index (χ1) is 7.15. The summed E-state index contributed by atoms with van der Waals surface area (Å²) < 4.78 is 3.60. The molecule has 0 saturated carbocycles. The van der Waals surface area contributed by atoms with Gasteiger partial charge in [0.1, 0.15) is 5.82 Å². The van der Waals surface area contributed by atoms with Crippen molar-refractivity contribution < 1.29 is 0 Å². The van der Waals surface area contributed by atoms with Crippen molar-refractivity contribution in [3.63, 3.8) is 0 Å². The quantitative estimate of drug-likeness (QED) is 0.774. The molecular formula is C12H15IN2. The first kappa shape index (κ1) is 10.9. The van der Waals surface area contributed by atoms with Gasteiger partial charge in [-0.05, 0) is 60.6 Å². The standard InChI is InChI=1S/C12H15IN2/c1-4-7-15-9(3)14-12-8(2)10(13)5-6-11(12)15/h5-6H,4,7H2,1-3H3. The molecule has 0 aliphatic heterocycles. The van der Waals surface area contributed by atoms with E-state index < -0.39 is 0 Å². The number of nitrogens with zero attached hydrogens (tertiary/aromatic N) is 2. The fourth-order valence-corrected chi connectivity index (χ4v) is 2.36. The minimum absolute atomic E-state index is 1.06. The van der Waals surface area contributed by atoms with Gasteiger partial charge in [-0.25, -0.2) is 4.98 Å². The molecule has 0 saturated heterocycles. The molecule has 0 atom stereocenters. The lowest BCUT2D eigenvalue weighted by molar-refractivity contribution is 0.676. The van der Waals surface area contributed by atoms with Gasteiger partial charge in [0.2, 0.25) is 0 Å². The largest absolute Gasteiger partial charge is 0.328 e. The SMILES string of the molecule is CCCn1c(C)nc2c(C)c(I)ccc21. The molecule has 0 bridgehead atoms. The first-order valence-corrected chi connectivity index (χ1v) is 6.35. The van der Waals surface area contributed by atoms with Crippen LogP contribution in [0.25, 0.3) is 11.0 Å². The van der Waals surface area contributed by atoms with E-state index >= 15 is 0 Å². The van der Waals surface area contributed by atoms with Crippen LogP contribution in [0.4, 0.5) is 0 Å². The highest BCUT2D eigenvalue weighted by Gasteiger charge is 2.09. The lowest BCUT2D eigenvalue weighted by Crippen LogP contribution is -1.98. The number of rotatable bonds is 2. The zero-order chi connectivity index (χ0) is 11.0. The van der Waals surface area contributed by atoms with Crippen LogP contribution in [0.15, 0.2) is 12.1 Å². The number of hydrogen-bond donors (Lipinski definition) is 0. The predicted molar refractivity (Wildman–Crippen MR) is 72.2 cm³/mol. The highest BCUT2D eigenvalue weighted by molar-refractivity contribution is 14.1. The van der Waals surface area contributed by atoms with Crippen molar-refractivity contribution in [2.24, 2.45) is 0 Å². The smallest absolute Gasteiger partial charge is 0.106 e. The summed E-state index contributed by atoms with van der Waals surface area (Å²) in [5.41, 5.74) is 3.73. The molecule has 2 rings (SSSR count).